The number of hydrogen-bond donors (Lipinski definition) is 1. The van der Waals surface area contributed by atoms with Crippen LogP contribution in [0.1, 0.15) is 28.5 Å². The van der Waals surface area contributed by atoms with Gasteiger partial charge in [0.15, 0.2) is 11.5 Å². The van der Waals surface area contributed by atoms with Crippen molar-refractivity contribution in [3.63, 3.8) is 0 Å². The van der Waals surface area contributed by atoms with E-state index in [1.165, 1.54) is 30.6 Å². The molecule has 0 saturated carbocycles. The smallest absolute Gasteiger partial charge is 0.416 e. The predicted octanol–water partition coefficient (Wildman–Crippen LogP) is 5.17. The molecule has 158 valence electrons. The number of carbonyl (C=O) groups excluding carboxylic acids is 1. The summed E-state index contributed by atoms with van der Waals surface area (Å²) in [5.41, 5.74) is 0.548. The minimum Gasteiger partial charge on any atom is -0.493 e. The molecular formula is C21H19F3N2O3S. The summed E-state index contributed by atoms with van der Waals surface area (Å²) in [6, 6.07) is 10.2. The average Bonchev–Trinajstić information content (AvgIpc) is 3.22. The van der Waals surface area contributed by atoms with E-state index in [1.54, 1.807) is 17.5 Å². The first-order valence-electron chi connectivity index (χ1n) is 9.03. The van der Waals surface area contributed by atoms with Crippen molar-refractivity contribution in [2.75, 3.05) is 13.7 Å². The summed E-state index contributed by atoms with van der Waals surface area (Å²) in [7, 11) is 1.54. The first kappa shape index (κ1) is 21.6. The zero-order chi connectivity index (χ0) is 21.7. The maximum atomic E-state index is 12.8. The Bertz CT molecular complexity index is 1030. The van der Waals surface area contributed by atoms with Crippen LogP contribution in [-0.4, -0.2) is 24.6 Å². The van der Waals surface area contributed by atoms with Gasteiger partial charge in [-0.25, -0.2) is 4.98 Å². The van der Waals surface area contributed by atoms with Crippen molar-refractivity contribution < 1.29 is 27.4 Å². The van der Waals surface area contributed by atoms with Gasteiger partial charge in [0, 0.05) is 17.5 Å². The zero-order valence-corrected chi connectivity index (χ0v) is 17.1. The van der Waals surface area contributed by atoms with Crippen molar-refractivity contribution in [2.24, 2.45) is 0 Å². The summed E-state index contributed by atoms with van der Waals surface area (Å²) in [5.74, 6) is 0.701. The van der Waals surface area contributed by atoms with Crippen LogP contribution in [0.4, 0.5) is 13.2 Å². The molecule has 1 aromatic heterocycles. The third-order valence-electron chi connectivity index (χ3n) is 4.15. The van der Waals surface area contributed by atoms with Crippen LogP contribution in [0.5, 0.6) is 11.5 Å². The number of nitrogens with zero attached hydrogens (tertiary/aromatic N) is 1. The number of aromatic nitrogens is 1. The molecule has 0 radical (unpaired) electrons. The molecule has 0 aliphatic rings. The van der Waals surface area contributed by atoms with Crippen molar-refractivity contribution in [2.45, 2.75) is 19.6 Å². The Hall–Kier alpha value is -3.07. The number of rotatable bonds is 7. The van der Waals surface area contributed by atoms with Crippen LogP contribution in [0.15, 0.2) is 47.8 Å². The number of thiazole rings is 1. The molecule has 0 atom stereocenters. The maximum Gasteiger partial charge on any atom is 0.416 e. The highest BCUT2D eigenvalue weighted by Crippen LogP contribution is 2.34. The fourth-order valence-corrected chi connectivity index (χ4v) is 3.51. The second kappa shape index (κ2) is 9.17. The van der Waals surface area contributed by atoms with Crippen LogP contribution in [0.2, 0.25) is 0 Å². The minimum atomic E-state index is -4.43. The van der Waals surface area contributed by atoms with Crippen LogP contribution in [0.25, 0.3) is 10.6 Å². The predicted molar refractivity (Wildman–Crippen MR) is 108 cm³/mol. The van der Waals surface area contributed by atoms with Crippen molar-refractivity contribution in [3.05, 3.63) is 64.7 Å². The van der Waals surface area contributed by atoms with E-state index in [0.717, 1.165) is 17.7 Å². The fourth-order valence-electron chi connectivity index (χ4n) is 2.72. The lowest BCUT2D eigenvalue weighted by molar-refractivity contribution is -0.137. The number of amides is 1. The molecular weight excluding hydrogens is 417 g/mol. The Morgan fingerprint density at radius 2 is 1.97 bits per heavy atom. The molecule has 0 fully saturated rings. The van der Waals surface area contributed by atoms with Gasteiger partial charge >= 0.3 is 6.18 Å². The number of halogens is 3. The highest BCUT2D eigenvalue weighted by molar-refractivity contribution is 7.13. The van der Waals surface area contributed by atoms with Gasteiger partial charge in [-0.3, -0.25) is 4.79 Å². The first-order chi connectivity index (χ1) is 14.3. The quantitative estimate of drug-likeness (QED) is 0.555. The van der Waals surface area contributed by atoms with Gasteiger partial charge in [0.25, 0.3) is 5.91 Å². The van der Waals surface area contributed by atoms with Crippen molar-refractivity contribution in [1.29, 1.82) is 0 Å². The Labute approximate surface area is 175 Å². The molecule has 0 spiro atoms. The van der Waals surface area contributed by atoms with Crippen LogP contribution < -0.4 is 14.8 Å². The molecule has 3 aromatic rings. The standard InChI is InChI=1S/C21H19F3N2O3S/c1-3-29-17-8-7-14(10-18(17)28-2)20-26-16(12-30-20)19(27)25-11-13-5-4-6-15(9-13)21(22,23)24/h4-10,12H,3,11H2,1-2H3,(H,25,27). The number of carbonyl (C=O) groups is 1. The molecule has 9 heteroatoms. The lowest BCUT2D eigenvalue weighted by Crippen LogP contribution is -2.23. The summed E-state index contributed by atoms with van der Waals surface area (Å²) >= 11 is 1.28. The van der Waals surface area contributed by atoms with Crippen molar-refractivity contribution in [1.82, 2.24) is 10.3 Å². The highest BCUT2D eigenvalue weighted by Gasteiger charge is 2.30. The number of benzene rings is 2. The molecule has 5 nitrogen and oxygen atoms in total. The Balaban J connectivity index is 1.70. The van der Waals surface area contributed by atoms with Gasteiger partial charge in [0.1, 0.15) is 10.7 Å². The molecule has 0 bridgehead atoms. The van der Waals surface area contributed by atoms with Gasteiger partial charge in [-0.05, 0) is 42.8 Å². The van der Waals surface area contributed by atoms with Gasteiger partial charge < -0.3 is 14.8 Å². The van der Waals surface area contributed by atoms with E-state index < -0.39 is 17.6 Å². The number of nitrogens with one attached hydrogen (secondary N) is 1. The van der Waals surface area contributed by atoms with Gasteiger partial charge in [0.05, 0.1) is 19.3 Å². The molecule has 0 aliphatic heterocycles. The molecule has 0 saturated heterocycles. The molecule has 1 amide bonds. The van der Waals surface area contributed by atoms with Crippen LogP contribution in [0, 0.1) is 0 Å². The van der Waals surface area contributed by atoms with Crippen LogP contribution >= 0.6 is 11.3 Å². The zero-order valence-electron chi connectivity index (χ0n) is 16.2. The molecule has 2 aromatic carbocycles. The third-order valence-corrected chi connectivity index (χ3v) is 5.05. The molecule has 1 heterocycles. The van der Waals surface area contributed by atoms with E-state index in [-0.39, 0.29) is 12.2 Å². The normalized spacial score (nSPS) is 11.2. The van der Waals surface area contributed by atoms with E-state index >= 15 is 0 Å². The molecule has 0 unspecified atom stereocenters. The van der Waals surface area contributed by atoms with E-state index in [1.807, 2.05) is 13.0 Å². The monoisotopic (exact) mass is 436 g/mol. The minimum absolute atomic E-state index is 0.0352. The van der Waals surface area contributed by atoms with Gasteiger partial charge in [-0.15, -0.1) is 11.3 Å². The molecule has 30 heavy (non-hydrogen) atoms. The Kier molecular flexibility index (Phi) is 6.61. The molecule has 3 rings (SSSR count). The lowest BCUT2D eigenvalue weighted by Gasteiger charge is -2.10. The maximum absolute atomic E-state index is 12.8. The Morgan fingerprint density at radius 1 is 1.17 bits per heavy atom. The second-order valence-electron chi connectivity index (χ2n) is 6.22. The highest BCUT2D eigenvalue weighted by atomic mass is 32.1. The lowest BCUT2D eigenvalue weighted by atomic mass is 10.1. The van der Waals surface area contributed by atoms with Gasteiger partial charge in [0.2, 0.25) is 0 Å². The van der Waals surface area contributed by atoms with E-state index in [9.17, 15) is 18.0 Å². The summed E-state index contributed by atoms with van der Waals surface area (Å²) < 4.78 is 49.2. The second-order valence-corrected chi connectivity index (χ2v) is 7.08. The first-order valence-corrected chi connectivity index (χ1v) is 9.91. The van der Waals surface area contributed by atoms with Gasteiger partial charge in [-0.2, -0.15) is 13.2 Å². The number of hydrogen-bond acceptors (Lipinski definition) is 5. The van der Waals surface area contributed by atoms with E-state index in [2.05, 4.69) is 10.3 Å². The van der Waals surface area contributed by atoms with Crippen molar-refractivity contribution in [3.8, 4) is 22.1 Å². The molecule has 0 aliphatic carbocycles. The molecule has 1 N–H and O–H groups in total. The topological polar surface area (TPSA) is 60.5 Å². The average molecular weight is 436 g/mol. The van der Waals surface area contributed by atoms with E-state index in [0.29, 0.717) is 28.7 Å². The fraction of sp³-hybridized carbons (Fsp3) is 0.238. The number of ether oxygens (including phenoxy) is 2. The van der Waals surface area contributed by atoms with Crippen LogP contribution in [-0.2, 0) is 12.7 Å². The Morgan fingerprint density at radius 3 is 2.67 bits per heavy atom. The SMILES string of the molecule is CCOc1ccc(-c2nc(C(=O)NCc3cccc(C(F)(F)F)c3)cs2)cc1OC. The van der Waals surface area contributed by atoms with Gasteiger partial charge in [-0.1, -0.05) is 12.1 Å². The van der Waals surface area contributed by atoms with Crippen LogP contribution in [0.3, 0.4) is 0 Å². The van der Waals surface area contributed by atoms with Crippen molar-refractivity contribution >= 4 is 17.2 Å². The summed E-state index contributed by atoms with van der Waals surface area (Å²) in [4.78, 5) is 16.7. The number of methoxy groups -OCH3 is 1. The largest absolute Gasteiger partial charge is 0.493 e. The summed E-state index contributed by atoms with van der Waals surface area (Å²) in [5, 5.41) is 4.81. The number of alkyl halides is 3. The third kappa shape index (κ3) is 5.10. The summed E-state index contributed by atoms with van der Waals surface area (Å²) in [6.07, 6.45) is -4.43. The summed E-state index contributed by atoms with van der Waals surface area (Å²) in [6.45, 7) is 2.34. The van der Waals surface area contributed by atoms with E-state index in [4.69, 9.17) is 9.47 Å².